The normalized spacial score (nSPS) is 13.8. The first-order valence-corrected chi connectivity index (χ1v) is 7.26. The molecule has 0 aliphatic rings. The number of amides is 1. The summed E-state index contributed by atoms with van der Waals surface area (Å²) in [6.07, 6.45) is 1.17. The molecule has 0 heterocycles. The molecule has 3 N–H and O–H groups in total. The maximum Gasteiger partial charge on any atom is 0.237 e. The van der Waals surface area contributed by atoms with Gasteiger partial charge in [0.05, 0.1) is 23.3 Å². The van der Waals surface area contributed by atoms with Crippen molar-refractivity contribution in [1.82, 2.24) is 5.32 Å². The highest BCUT2D eigenvalue weighted by atomic mass is 32.2. The van der Waals surface area contributed by atoms with Crippen molar-refractivity contribution in [1.29, 1.82) is 5.26 Å². The third-order valence-electron chi connectivity index (χ3n) is 2.14. The first-order valence-electron chi connectivity index (χ1n) is 5.20. The Kier molecular flexibility index (Phi) is 5.58. The number of hydrogen-bond acceptors (Lipinski definition) is 5. The van der Waals surface area contributed by atoms with Crippen LogP contribution in [-0.2, 0) is 14.6 Å². The van der Waals surface area contributed by atoms with E-state index in [0.29, 0.717) is 0 Å². The van der Waals surface area contributed by atoms with Gasteiger partial charge in [0, 0.05) is 12.8 Å². The van der Waals surface area contributed by atoms with Crippen molar-refractivity contribution >= 4 is 15.7 Å². The van der Waals surface area contributed by atoms with E-state index in [1.54, 1.807) is 13.8 Å². The van der Waals surface area contributed by atoms with E-state index in [0.717, 1.165) is 6.26 Å². The Balaban J connectivity index is 4.13. The second-order valence-electron chi connectivity index (χ2n) is 4.74. The summed E-state index contributed by atoms with van der Waals surface area (Å²) >= 11 is 0. The molecule has 0 saturated heterocycles. The number of hydrogen-bond donors (Lipinski definition) is 2. The van der Waals surface area contributed by atoms with Gasteiger partial charge in [-0.25, -0.2) is 8.42 Å². The SMILES string of the molecule is CC(C)(C#N)CNC(=O)C(N)CCS(C)(=O)=O. The fourth-order valence-electron chi connectivity index (χ4n) is 0.951. The van der Waals surface area contributed by atoms with Crippen LogP contribution in [0.4, 0.5) is 0 Å². The van der Waals surface area contributed by atoms with Gasteiger partial charge in [-0.2, -0.15) is 5.26 Å². The van der Waals surface area contributed by atoms with E-state index in [4.69, 9.17) is 11.0 Å². The molecule has 0 aromatic heterocycles. The van der Waals surface area contributed by atoms with Crippen LogP contribution >= 0.6 is 0 Å². The van der Waals surface area contributed by atoms with Gasteiger partial charge < -0.3 is 11.1 Å². The minimum absolute atomic E-state index is 0.0810. The van der Waals surface area contributed by atoms with E-state index < -0.39 is 27.2 Å². The van der Waals surface area contributed by atoms with Crippen LogP contribution in [0, 0.1) is 16.7 Å². The predicted octanol–water partition coefficient (Wildman–Crippen LogP) is -0.586. The molecule has 17 heavy (non-hydrogen) atoms. The smallest absolute Gasteiger partial charge is 0.237 e. The number of nitriles is 1. The van der Waals surface area contributed by atoms with Crippen LogP contribution in [0.1, 0.15) is 20.3 Å². The monoisotopic (exact) mass is 261 g/mol. The molecule has 0 aliphatic carbocycles. The Morgan fingerprint density at radius 3 is 2.47 bits per heavy atom. The molecule has 1 unspecified atom stereocenters. The second kappa shape index (κ2) is 5.98. The molecule has 7 heteroatoms. The van der Waals surface area contributed by atoms with Crippen LogP contribution in [0.25, 0.3) is 0 Å². The van der Waals surface area contributed by atoms with E-state index in [-0.39, 0.29) is 18.7 Å². The van der Waals surface area contributed by atoms with Crippen molar-refractivity contribution in [2.24, 2.45) is 11.1 Å². The zero-order chi connectivity index (χ0) is 13.7. The molecule has 0 aromatic carbocycles. The van der Waals surface area contributed by atoms with Gasteiger partial charge in [0.25, 0.3) is 0 Å². The molecule has 0 fully saturated rings. The number of carbonyl (C=O) groups excluding carboxylic acids is 1. The fraction of sp³-hybridized carbons (Fsp3) is 0.800. The van der Waals surface area contributed by atoms with E-state index >= 15 is 0 Å². The first kappa shape index (κ1) is 15.9. The van der Waals surface area contributed by atoms with Crippen molar-refractivity contribution in [3.8, 4) is 6.07 Å². The van der Waals surface area contributed by atoms with Gasteiger partial charge in [-0.05, 0) is 20.3 Å². The standard InChI is InChI=1S/C10H19N3O3S/c1-10(2,6-11)7-13-9(14)8(12)4-5-17(3,15)16/h8H,4-5,7,12H2,1-3H3,(H,13,14). The summed E-state index contributed by atoms with van der Waals surface area (Å²) in [5.74, 6) is -0.555. The average Bonchev–Trinajstić information content (AvgIpc) is 2.21. The molecule has 0 aliphatic heterocycles. The molecule has 0 spiro atoms. The zero-order valence-corrected chi connectivity index (χ0v) is 11.2. The highest BCUT2D eigenvalue weighted by Gasteiger charge is 2.21. The Bertz CT molecular complexity index is 409. The lowest BCUT2D eigenvalue weighted by atomic mass is 9.96. The number of carbonyl (C=O) groups is 1. The van der Waals surface area contributed by atoms with E-state index in [2.05, 4.69) is 5.32 Å². The number of nitrogens with two attached hydrogens (primary N) is 1. The molecule has 1 atom stereocenters. The lowest BCUT2D eigenvalue weighted by molar-refractivity contribution is -0.122. The first-order chi connectivity index (χ1) is 7.57. The van der Waals surface area contributed by atoms with Crippen LogP contribution in [-0.4, -0.2) is 38.9 Å². The largest absolute Gasteiger partial charge is 0.353 e. The number of sulfone groups is 1. The van der Waals surface area contributed by atoms with Gasteiger partial charge in [0.15, 0.2) is 0 Å². The van der Waals surface area contributed by atoms with Gasteiger partial charge in [0.2, 0.25) is 5.91 Å². The molecule has 1 amide bonds. The minimum atomic E-state index is -3.11. The molecule has 98 valence electrons. The van der Waals surface area contributed by atoms with Gasteiger partial charge in [-0.1, -0.05) is 0 Å². The lowest BCUT2D eigenvalue weighted by Crippen LogP contribution is -2.44. The number of nitrogens with zero attached hydrogens (tertiary/aromatic N) is 1. The molecule has 0 aromatic rings. The predicted molar refractivity (Wildman–Crippen MR) is 64.7 cm³/mol. The summed E-state index contributed by atoms with van der Waals surface area (Å²) in [6, 6.07) is 1.18. The van der Waals surface area contributed by atoms with Crippen molar-refractivity contribution in [2.45, 2.75) is 26.3 Å². The Hall–Kier alpha value is -1.13. The maximum absolute atomic E-state index is 11.5. The van der Waals surface area contributed by atoms with Crippen LogP contribution in [0.15, 0.2) is 0 Å². The zero-order valence-electron chi connectivity index (χ0n) is 10.4. The molecule has 0 bridgehead atoms. The van der Waals surface area contributed by atoms with Gasteiger partial charge in [-0.3, -0.25) is 4.79 Å². The molecular weight excluding hydrogens is 242 g/mol. The van der Waals surface area contributed by atoms with Crippen LogP contribution in [0.5, 0.6) is 0 Å². The second-order valence-corrected chi connectivity index (χ2v) is 7.00. The Morgan fingerprint density at radius 1 is 1.53 bits per heavy atom. The quantitative estimate of drug-likeness (QED) is 0.663. The van der Waals surface area contributed by atoms with Crippen LogP contribution in [0.3, 0.4) is 0 Å². The summed E-state index contributed by atoms with van der Waals surface area (Å²) in [5, 5.41) is 11.3. The summed E-state index contributed by atoms with van der Waals surface area (Å²) in [6.45, 7) is 3.57. The third-order valence-corrected chi connectivity index (χ3v) is 3.12. The molecule has 0 rings (SSSR count). The average molecular weight is 261 g/mol. The van der Waals surface area contributed by atoms with Crippen molar-refractivity contribution in [3.05, 3.63) is 0 Å². The third kappa shape index (κ3) is 7.71. The summed E-state index contributed by atoms with van der Waals surface area (Å²) in [5.41, 5.74) is 4.88. The minimum Gasteiger partial charge on any atom is -0.353 e. The van der Waals surface area contributed by atoms with Crippen molar-refractivity contribution in [2.75, 3.05) is 18.6 Å². The van der Waals surface area contributed by atoms with Crippen molar-refractivity contribution < 1.29 is 13.2 Å². The van der Waals surface area contributed by atoms with Gasteiger partial charge in [0.1, 0.15) is 9.84 Å². The topological polar surface area (TPSA) is 113 Å². The number of nitrogens with one attached hydrogen (secondary N) is 1. The van der Waals surface area contributed by atoms with Gasteiger partial charge >= 0.3 is 0 Å². The highest BCUT2D eigenvalue weighted by Crippen LogP contribution is 2.10. The molecule has 0 radical (unpaired) electrons. The molecule has 0 saturated carbocycles. The summed E-state index contributed by atoms with van der Waals surface area (Å²) in [7, 11) is -3.11. The summed E-state index contributed by atoms with van der Waals surface area (Å²) in [4.78, 5) is 11.5. The highest BCUT2D eigenvalue weighted by molar-refractivity contribution is 7.90. The van der Waals surface area contributed by atoms with E-state index in [9.17, 15) is 13.2 Å². The van der Waals surface area contributed by atoms with Crippen LogP contribution in [0.2, 0.25) is 0 Å². The molecular formula is C10H19N3O3S. The lowest BCUT2D eigenvalue weighted by Gasteiger charge is -2.18. The maximum atomic E-state index is 11.5. The molecule has 6 nitrogen and oxygen atoms in total. The van der Waals surface area contributed by atoms with Gasteiger partial charge in [-0.15, -0.1) is 0 Å². The fourth-order valence-corrected chi connectivity index (χ4v) is 1.63. The Labute approximate surface area is 102 Å². The van der Waals surface area contributed by atoms with Crippen LogP contribution < -0.4 is 11.1 Å². The number of rotatable bonds is 6. The summed E-state index contributed by atoms with van der Waals surface area (Å²) < 4.78 is 21.8. The van der Waals surface area contributed by atoms with E-state index in [1.807, 2.05) is 6.07 Å². The Morgan fingerprint density at radius 2 is 2.06 bits per heavy atom. The van der Waals surface area contributed by atoms with Crippen molar-refractivity contribution in [3.63, 3.8) is 0 Å². The van der Waals surface area contributed by atoms with E-state index in [1.165, 1.54) is 0 Å².